The van der Waals surface area contributed by atoms with Crippen molar-refractivity contribution in [3.8, 4) is 0 Å². The van der Waals surface area contributed by atoms with Gasteiger partial charge in [0.05, 0.1) is 4.90 Å². The van der Waals surface area contributed by atoms with E-state index >= 15 is 0 Å². The number of carbonyl (C=O) groups is 1. The largest absolute Gasteiger partial charge is 0.480 e. The lowest BCUT2D eigenvalue weighted by Crippen LogP contribution is -2.34. The standard InChI is InChI=1S/C8H10O3S.C5H11NO2/c1-6-4-3-5-8(7(6)2)12(9,10)11;1-3(2)4(6)5(7)8/h3-5H,1-2H3,(H,9,10,11);3-4H,6H2,1-2H3,(H,7,8). The van der Waals surface area contributed by atoms with E-state index in [0.717, 1.165) is 5.56 Å². The van der Waals surface area contributed by atoms with Crippen molar-refractivity contribution in [3.63, 3.8) is 0 Å². The average molecular weight is 303 g/mol. The highest BCUT2D eigenvalue weighted by atomic mass is 32.2. The minimum Gasteiger partial charge on any atom is -0.480 e. The highest BCUT2D eigenvalue weighted by molar-refractivity contribution is 7.85. The minimum absolute atomic E-state index is 0.0116. The molecule has 0 saturated carbocycles. The van der Waals surface area contributed by atoms with Crippen LogP contribution < -0.4 is 5.73 Å². The highest BCUT2D eigenvalue weighted by Gasteiger charge is 2.14. The number of nitrogens with two attached hydrogens (primary N) is 1. The molecule has 0 aliphatic heterocycles. The minimum atomic E-state index is -4.06. The maximum Gasteiger partial charge on any atom is 0.320 e. The van der Waals surface area contributed by atoms with Gasteiger partial charge < -0.3 is 10.8 Å². The lowest BCUT2D eigenvalue weighted by atomic mass is 10.1. The van der Waals surface area contributed by atoms with Crippen molar-refractivity contribution in [1.29, 1.82) is 0 Å². The Morgan fingerprint density at radius 1 is 1.25 bits per heavy atom. The third-order valence-corrected chi connectivity index (χ3v) is 3.83. The zero-order valence-corrected chi connectivity index (χ0v) is 12.8. The fourth-order valence-corrected chi connectivity index (χ4v) is 2.09. The molecule has 1 atom stereocenters. The number of aliphatic carboxylic acids is 1. The lowest BCUT2D eigenvalue weighted by molar-refractivity contribution is -0.139. The molecule has 0 aliphatic carbocycles. The van der Waals surface area contributed by atoms with E-state index in [-0.39, 0.29) is 10.8 Å². The molecule has 1 rings (SSSR count). The molecule has 0 amide bonds. The normalized spacial score (nSPS) is 12.6. The molecule has 0 bridgehead atoms. The smallest absolute Gasteiger partial charge is 0.320 e. The summed E-state index contributed by atoms with van der Waals surface area (Å²) in [4.78, 5) is 10.0. The van der Waals surface area contributed by atoms with Crippen molar-refractivity contribution < 1.29 is 22.9 Å². The number of hydrogen-bond donors (Lipinski definition) is 3. The van der Waals surface area contributed by atoms with Crippen LogP contribution in [0, 0.1) is 19.8 Å². The van der Waals surface area contributed by atoms with Crippen molar-refractivity contribution in [1.82, 2.24) is 0 Å². The van der Waals surface area contributed by atoms with E-state index in [1.54, 1.807) is 39.8 Å². The van der Waals surface area contributed by atoms with Crippen LogP contribution in [0.2, 0.25) is 0 Å². The first-order valence-corrected chi connectivity index (χ1v) is 7.44. The summed E-state index contributed by atoms with van der Waals surface area (Å²) in [6, 6.07) is 4.07. The Bertz CT molecular complexity index is 566. The first-order chi connectivity index (χ1) is 8.98. The van der Waals surface area contributed by atoms with Gasteiger partial charge in [0.1, 0.15) is 6.04 Å². The van der Waals surface area contributed by atoms with E-state index < -0.39 is 22.1 Å². The molecule has 114 valence electrons. The first kappa shape index (κ1) is 18.6. The summed E-state index contributed by atoms with van der Waals surface area (Å²) in [5, 5.41) is 8.23. The van der Waals surface area contributed by atoms with Crippen LogP contribution in [0.5, 0.6) is 0 Å². The molecule has 1 aromatic rings. The Labute approximate surface area is 119 Å². The van der Waals surface area contributed by atoms with Gasteiger partial charge in [0.25, 0.3) is 10.1 Å². The SMILES string of the molecule is CC(C)C(N)C(=O)O.Cc1cccc(S(=O)(=O)O)c1C. The summed E-state index contributed by atoms with van der Waals surface area (Å²) in [6.07, 6.45) is 0. The van der Waals surface area contributed by atoms with Crippen LogP contribution in [0.3, 0.4) is 0 Å². The fourth-order valence-electron chi connectivity index (χ4n) is 1.29. The highest BCUT2D eigenvalue weighted by Crippen LogP contribution is 2.17. The second-order valence-corrected chi connectivity index (χ2v) is 6.17. The molecule has 0 saturated heterocycles. The molecule has 0 fully saturated rings. The van der Waals surface area contributed by atoms with Gasteiger partial charge in [-0.15, -0.1) is 0 Å². The van der Waals surface area contributed by atoms with E-state index in [1.165, 1.54) is 6.07 Å². The summed E-state index contributed by atoms with van der Waals surface area (Å²) in [5.41, 5.74) is 6.61. The van der Waals surface area contributed by atoms with Crippen LogP contribution >= 0.6 is 0 Å². The van der Waals surface area contributed by atoms with Gasteiger partial charge >= 0.3 is 5.97 Å². The predicted octanol–water partition coefficient (Wildman–Crippen LogP) is 1.60. The van der Waals surface area contributed by atoms with Crippen molar-refractivity contribution in [2.45, 2.75) is 38.6 Å². The first-order valence-electron chi connectivity index (χ1n) is 6.00. The number of aryl methyl sites for hydroxylation is 1. The van der Waals surface area contributed by atoms with Crippen LogP contribution in [-0.4, -0.2) is 30.1 Å². The number of carboxylic acids is 1. The maximum absolute atomic E-state index is 10.8. The monoisotopic (exact) mass is 303 g/mol. The molecule has 4 N–H and O–H groups in total. The van der Waals surface area contributed by atoms with E-state index in [1.807, 2.05) is 0 Å². The zero-order valence-electron chi connectivity index (χ0n) is 12.0. The second kappa shape index (κ2) is 7.37. The fraction of sp³-hybridized carbons (Fsp3) is 0.462. The number of hydrogen-bond acceptors (Lipinski definition) is 4. The van der Waals surface area contributed by atoms with Crippen LogP contribution in [0.4, 0.5) is 0 Å². The lowest BCUT2D eigenvalue weighted by Gasteiger charge is -2.07. The molecular formula is C13H21NO5S. The van der Waals surface area contributed by atoms with Crippen molar-refractivity contribution in [2.75, 3.05) is 0 Å². The number of benzene rings is 1. The average Bonchev–Trinajstić information content (AvgIpc) is 2.30. The predicted molar refractivity (Wildman–Crippen MR) is 76.2 cm³/mol. The number of carboxylic acid groups (broad SMARTS) is 1. The Kier molecular flexibility index (Phi) is 6.84. The van der Waals surface area contributed by atoms with Crippen LogP contribution in [0.1, 0.15) is 25.0 Å². The Morgan fingerprint density at radius 3 is 2.00 bits per heavy atom. The van der Waals surface area contributed by atoms with Gasteiger partial charge in [-0.25, -0.2) is 0 Å². The topological polar surface area (TPSA) is 118 Å². The van der Waals surface area contributed by atoms with Crippen LogP contribution in [0.15, 0.2) is 23.1 Å². The van der Waals surface area contributed by atoms with E-state index in [4.69, 9.17) is 15.4 Å². The summed E-state index contributed by atoms with van der Waals surface area (Å²) in [6.45, 7) is 7.01. The quantitative estimate of drug-likeness (QED) is 0.730. The Morgan fingerprint density at radius 2 is 1.75 bits per heavy atom. The molecule has 1 aromatic carbocycles. The molecule has 20 heavy (non-hydrogen) atoms. The van der Waals surface area contributed by atoms with E-state index in [0.29, 0.717) is 5.56 Å². The van der Waals surface area contributed by atoms with Gasteiger partial charge in [-0.1, -0.05) is 26.0 Å². The molecule has 7 heteroatoms. The van der Waals surface area contributed by atoms with Gasteiger partial charge in [-0.3, -0.25) is 9.35 Å². The molecule has 6 nitrogen and oxygen atoms in total. The van der Waals surface area contributed by atoms with Gasteiger partial charge in [0, 0.05) is 0 Å². The van der Waals surface area contributed by atoms with E-state index in [9.17, 15) is 13.2 Å². The molecule has 0 radical (unpaired) electrons. The Hall–Kier alpha value is -1.44. The summed E-state index contributed by atoms with van der Waals surface area (Å²) in [5.74, 6) is -0.910. The van der Waals surface area contributed by atoms with E-state index in [2.05, 4.69) is 0 Å². The third kappa shape index (κ3) is 5.68. The van der Waals surface area contributed by atoms with Gasteiger partial charge in [-0.05, 0) is 37.0 Å². The maximum atomic E-state index is 10.8. The van der Waals surface area contributed by atoms with Gasteiger partial charge in [0.15, 0.2) is 0 Å². The molecular weight excluding hydrogens is 282 g/mol. The summed E-state index contributed by atoms with van der Waals surface area (Å²) >= 11 is 0. The third-order valence-electron chi connectivity index (χ3n) is 2.84. The van der Waals surface area contributed by atoms with Crippen molar-refractivity contribution >= 4 is 16.1 Å². The molecule has 0 aromatic heterocycles. The molecule has 0 heterocycles. The van der Waals surface area contributed by atoms with Gasteiger partial charge in [0.2, 0.25) is 0 Å². The van der Waals surface area contributed by atoms with Crippen LogP contribution in [-0.2, 0) is 14.9 Å². The van der Waals surface area contributed by atoms with Crippen molar-refractivity contribution in [3.05, 3.63) is 29.3 Å². The zero-order chi connectivity index (χ0) is 16.1. The molecule has 0 aliphatic rings. The Balaban J connectivity index is 0.000000396. The number of rotatable bonds is 3. The van der Waals surface area contributed by atoms with Crippen LogP contribution in [0.25, 0.3) is 0 Å². The summed E-state index contributed by atoms with van der Waals surface area (Å²) in [7, 11) is -4.06. The molecule has 0 spiro atoms. The summed E-state index contributed by atoms with van der Waals surface area (Å²) < 4.78 is 30.3. The molecule has 1 unspecified atom stereocenters. The van der Waals surface area contributed by atoms with Crippen molar-refractivity contribution in [2.24, 2.45) is 11.7 Å². The second-order valence-electron chi connectivity index (χ2n) is 4.78. The van der Waals surface area contributed by atoms with Gasteiger partial charge in [-0.2, -0.15) is 8.42 Å².